The summed E-state index contributed by atoms with van der Waals surface area (Å²) in [6.45, 7) is 1.77. The standard InChI is InChI=1S/C24H19F3N6O/c1-15-6-7-16(22(34)33-24(26,27)21(25)18-5-3-10-29-14-18)12-20(15)32-23-30-11-8-19(31-23)17-4-2-9-28-13-17/h2-14,21H,1H3,(H,33,34)(H,30,31,32). The molecule has 0 aliphatic heterocycles. The molecule has 0 fully saturated rings. The van der Waals surface area contributed by atoms with Gasteiger partial charge in [0.1, 0.15) is 0 Å². The predicted octanol–water partition coefficient (Wildman–Crippen LogP) is 5.02. The van der Waals surface area contributed by atoms with Crippen LogP contribution in [0.15, 0.2) is 79.5 Å². The highest BCUT2D eigenvalue weighted by atomic mass is 19.3. The Bertz CT molecular complexity index is 1290. The third-order valence-electron chi connectivity index (χ3n) is 4.93. The van der Waals surface area contributed by atoms with Crippen LogP contribution in [0, 0.1) is 6.92 Å². The Kier molecular flexibility index (Phi) is 6.48. The van der Waals surface area contributed by atoms with E-state index in [1.165, 1.54) is 35.8 Å². The van der Waals surface area contributed by atoms with Crippen LogP contribution in [0.25, 0.3) is 11.3 Å². The number of anilines is 2. The fourth-order valence-electron chi connectivity index (χ4n) is 3.13. The molecule has 4 aromatic rings. The molecule has 1 amide bonds. The Morgan fingerprint density at radius 1 is 1.00 bits per heavy atom. The van der Waals surface area contributed by atoms with Crippen LogP contribution in [0.5, 0.6) is 0 Å². The van der Waals surface area contributed by atoms with Crippen molar-refractivity contribution in [2.75, 3.05) is 5.32 Å². The summed E-state index contributed by atoms with van der Waals surface area (Å²) in [5, 5.41) is 4.47. The van der Waals surface area contributed by atoms with Crippen LogP contribution in [0.3, 0.4) is 0 Å². The van der Waals surface area contributed by atoms with E-state index in [9.17, 15) is 18.0 Å². The number of nitrogens with zero attached hydrogens (tertiary/aromatic N) is 4. The lowest BCUT2D eigenvalue weighted by atomic mass is 10.1. The number of nitrogens with one attached hydrogen (secondary N) is 2. The van der Waals surface area contributed by atoms with E-state index in [2.05, 4.69) is 25.3 Å². The number of carbonyl (C=O) groups is 1. The molecule has 7 nitrogen and oxygen atoms in total. The minimum Gasteiger partial charge on any atom is -0.324 e. The van der Waals surface area contributed by atoms with Gasteiger partial charge in [-0.2, -0.15) is 8.78 Å². The number of aromatic nitrogens is 4. The summed E-state index contributed by atoms with van der Waals surface area (Å²) < 4.78 is 43.2. The molecule has 2 N–H and O–H groups in total. The molecule has 1 aromatic carbocycles. The van der Waals surface area contributed by atoms with Gasteiger partial charge in [-0.15, -0.1) is 0 Å². The van der Waals surface area contributed by atoms with Gasteiger partial charge < -0.3 is 5.32 Å². The van der Waals surface area contributed by atoms with Gasteiger partial charge in [-0.1, -0.05) is 12.1 Å². The van der Waals surface area contributed by atoms with Crippen LogP contribution < -0.4 is 10.6 Å². The summed E-state index contributed by atoms with van der Waals surface area (Å²) >= 11 is 0. The molecule has 0 aliphatic carbocycles. The number of halogens is 3. The fourth-order valence-corrected chi connectivity index (χ4v) is 3.13. The minimum atomic E-state index is -4.14. The molecule has 172 valence electrons. The van der Waals surface area contributed by atoms with Crippen molar-refractivity contribution in [2.45, 2.75) is 19.1 Å². The van der Waals surface area contributed by atoms with E-state index in [0.29, 0.717) is 11.4 Å². The van der Waals surface area contributed by atoms with Gasteiger partial charge in [0, 0.05) is 53.4 Å². The van der Waals surface area contributed by atoms with Crippen molar-refractivity contribution in [1.82, 2.24) is 25.3 Å². The van der Waals surface area contributed by atoms with E-state index in [0.717, 1.165) is 17.3 Å². The first-order valence-electron chi connectivity index (χ1n) is 10.2. The zero-order valence-electron chi connectivity index (χ0n) is 17.9. The summed E-state index contributed by atoms with van der Waals surface area (Å²) in [7, 11) is 0. The molecule has 0 saturated carbocycles. The number of benzene rings is 1. The fraction of sp³-hybridized carbons (Fsp3) is 0.125. The second kappa shape index (κ2) is 9.65. The topological polar surface area (TPSA) is 92.7 Å². The molecule has 1 unspecified atom stereocenters. The summed E-state index contributed by atoms with van der Waals surface area (Å²) in [6, 6.07) is 8.04. The summed E-state index contributed by atoms with van der Waals surface area (Å²) in [5.41, 5.74) is 2.13. The average Bonchev–Trinajstić information content (AvgIpc) is 2.86. The van der Waals surface area contributed by atoms with Crippen LogP contribution >= 0.6 is 0 Å². The zero-order valence-corrected chi connectivity index (χ0v) is 17.9. The van der Waals surface area contributed by atoms with Crippen molar-refractivity contribution in [3.8, 4) is 11.3 Å². The normalized spacial score (nSPS) is 12.1. The monoisotopic (exact) mass is 464 g/mol. The number of pyridine rings is 2. The van der Waals surface area contributed by atoms with Crippen molar-refractivity contribution in [3.63, 3.8) is 0 Å². The molecular formula is C24H19F3N6O. The first kappa shape index (κ1) is 22.8. The molecule has 34 heavy (non-hydrogen) atoms. The van der Waals surface area contributed by atoms with E-state index in [-0.39, 0.29) is 17.1 Å². The number of hydrogen-bond donors (Lipinski definition) is 2. The van der Waals surface area contributed by atoms with Crippen molar-refractivity contribution in [2.24, 2.45) is 0 Å². The SMILES string of the molecule is Cc1ccc(C(=O)NC(F)(F)C(F)c2cccnc2)cc1Nc1nccc(-c2cccnc2)n1. The van der Waals surface area contributed by atoms with Crippen molar-refractivity contribution >= 4 is 17.5 Å². The van der Waals surface area contributed by atoms with Gasteiger partial charge in [0.2, 0.25) is 12.1 Å². The van der Waals surface area contributed by atoms with Gasteiger partial charge in [0.15, 0.2) is 0 Å². The van der Waals surface area contributed by atoms with Crippen molar-refractivity contribution in [1.29, 1.82) is 0 Å². The van der Waals surface area contributed by atoms with Crippen LogP contribution in [-0.2, 0) is 0 Å². The Balaban J connectivity index is 1.53. The number of alkyl halides is 3. The number of amides is 1. The molecular weight excluding hydrogens is 445 g/mol. The maximum atomic E-state index is 14.4. The van der Waals surface area contributed by atoms with Crippen LogP contribution in [0.2, 0.25) is 0 Å². The molecule has 10 heteroatoms. The van der Waals surface area contributed by atoms with Gasteiger partial charge >= 0.3 is 6.05 Å². The van der Waals surface area contributed by atoms with E-state index in [1.807, 2.05) is 6.07 Å². The third-order valence-corrected chi connectivity index (χ3v) is 4.93. The number of carbonyl (C=O) groups excluding carboxylic acids is 1. The lowest BCUT2D eigenvalue weighted by Crippen LogP contribution is -2.44. The molecule has 4 rings (SSSR count). The third kappa shape index (κ3) is 5.17. The molecule has 3 aromatic heterocycles. The number of aryl methyl sites for hydroxylation is 1. The molecule has 0 aliphatic rings. The zero-order chi connectivity index (χ0) is 24.1. The van der Waals surface area contributed by atoms with E-state index < -0.39 is 18.1 Å². The number of hydrogen-bond acceptors (Lipinski definition) is 6. The minimum absolute atomic E-state index is 0.0884. The molecule has 0 spiro atoms. The first-order chi connectivity index (χ1) is 16.3. The quantitative estimate of drug-likeness (QED) is 0.373. The highest BCUT2D eigenvalue weighted by Gasteiger charge is 2.43. The Labute approximate surface area is 193 Å². The lowest BCUT2D eigenvalue weighted by Gasteiger charge is -2.22. The first-order valence-corrected chi connectivity index (χ1v) is 10.2. The number of rotatable bonds is 7. The molecule has 0 bridgehead atoms. The summed E-state index contributed by atoms with van der Waals surface area (Å²) in [6.07, 6.45) is 4.43. The highest BCUT2D eigenvalue weighted by Crippen LogP contribution is 2.32. The highest BCUT2D eigenvalue weighted by molar-refractivity contribution is 5.95. The largest absolute Gasteiger partial charge is 0.360 e. The van der Waals surface area contributed by atoms with Gasteiger partial charge in [0.25, 0.3) is 5.91 Å². The van der Waals surface area contributed by atoms with E-state index in [4.69, 9.17) is 0 Å². The Hall–Kier alpha value is -4.34. The molecule has 3 heterocycles. The molecule has 0 radical (unpaired) electrons. The molecule has 0 saturated heterocycles. The van der Waals surface area contributed by atoms with Crippen LogP contribution in [-0.4, -0.2) is 31.9 Å². The van der Waals surface area contributed by atoms with Gasteiger partial charge in [-0.05, 0) is 48.9 Å². The van der Waals surface area contributed by atoms with E-state index >= 15 is 0 Å². The van der Waals surface area contributed by atoms with Crippen molar-refractivity contribution in [3.05, 3.63) is 96.2 Å². The maximum Gasteiger partial charge on any atom is 0.360 e. The Morgan fingerprint density at radius 2 is 1.76 bits per heavy atom. The summed E-state index contributed by atoms with van der Waals surface area (Å²) in [4.78, 5) is 28.8. The van der Waals surface area contributed by atoms with Gasteiger partial charge in [-0.3, -0.25) is 20.1 Å². The van der Waals surface area contributed by atoms with Crippen LogP contribution in [0.4, 0.5) is 24.8 Å². The second-order valence-electron chi connectivity index (χ2n) is 7.39. The Morgan fingerprint density at radius 3 is 2.47 bits per heavy atom. The molecule has 1 atom stereocenters. The van der Waals surface area contributed by atoms with Crippen molar-refractivity contribution < 1.29 is 18.0 Å². The van der Waals surface area contributed by atoms with Gasteiger partial charge in [-0.25, -0.2) is 14.4 Å². The smallest absolute Gasteiger partial charge is 0.324 e. The predicted molar refractivity (Wildman–Crippen MR) is 120 cm³/mol. The van der Waals surface area contributed by atoms with Gasteiger partial charge in [0.05, 0.1) is 5.69 Å². The maximum absolute atomic E-state index is 14.4. The second-order valence-corrected chi connectivity index (χ2v) is 7.39. The van der Waals surface area contributed by atoms with Crippen LogP contribution in [0.1, 0.15) is 27.7 Å². The lowest BCUT2D eigenvalue weighted by molar-refractivity contribution is -0.0937. The average molecular weight is 464 g/mol. The van der Waals surface area contributed by atoms with E-state index in [1.54, 1.807) is 43.7 Å². The summed E-state index contributed by atoms with van der Waals surface area (Å²) in [5.74, 6) is -0.891.